The molecule has 19 N–H and O–H groups in total. The summed E-state index contributed by atoms with van der Waals surface area (Å²) in [6, 6.07) is -14.4. The lowest BCUT2D eigenvalue weighted by Crippen LogP contribution is -2.61. The molecule has 0 saturated heterocycles. The normalized spacial score (nSPS) is 15.1. The number of aliphatic hydroxyl groups is 2. The molecule has 1 heterocycles. The fourth-order valence-electron chi connectivity index (χ4n) is 5.35. The van der Waals surface area contributed by atoms with Crippen LogP contribution in [-0.4, -0.2) is 181 Å². The number of carbonyl (C=O) groups is 11. The van der Waals surface area contributed by atoms with E-state index in [0.29, 0.717) is 18.5 Å². The van der Waals surface area contributed by atoms with Crippen LogP contribution in [0, 0.1) is 0 Å². The number of unbranched alkanes of at least 4 members (excludes halogenated alkanes) is 1. The molecule has 0 aliphatic rings. The van der Waals surface area contributed by atoms with Crippen molar-refractivity contribution in [3.63, 3.8) is 0 Å². The number of nitrogens with one attached hydrogen (secondary N) is 9. The van der Waals surface area contributed by atoms with Gasteiger partial charge in [-0.15, -0.1) is 0 Å². The molecule has 0 aliphatic heterocycles. The molecular weight excluding hydrogens is 907 g/mol. The number of hydrogen-bond acceptors (Lipinski definition) is 18. The van der Waals surface area contributed by atoms with Crippen molar-refractivity contribution in [2.45, 2.75) is 99.8 Å². The maximum atomic E-state index is 13.3. The van der Waals surface area contributed by atoms with E-state index in [0.717, 1.165) is 6.92 Å². The van der Waals surface area contributed by atoms with Crippen molar-refractivity contribution in [3.8, 4) is 0 Å². The first-order valence-electron chi connectivity index (χ1n) is 19.6. The standard InChI is InChI=1S/C35H57N13O15S2/c1-15(41-30(57)21(8-26(52)53)45-34(61)22(10-49)46-29(56)18(4-2-3-5-36)42-28(55)17(37)12-64)27(54)43-20(7-25(38)51)32(59)47-23(11-50)33(60)44-19(6-16-9-39-14-40-16)31(58)48-24(13-65)35(62)63/h9,14-15,17-24,49-50,64-65H,2-8,10-13,36-37H2,1H3,(H2,38,51)(H,39,40)(H,41,57)(H,42,55)(H,43,54)(H,44,60)(H,45,61)(H,46,56)(H,47,59)(H,48,58)(H,52,53)(H,62,63)/t15-,17-,18-,19-,20-,21-,22-,23-,24-/m0/s1. The van der Waals surface area contributed by atoms with Crippen LogP contribution in [0.25, 0.3) is 0 Å². The van der Waals surface area contributed by atoms with Gasteiger partial charge in [-0.2, -0.15) is 25.3 Å². The molecule has 0 unspecified atom stereocenters. The largest absolute Gasteiger partial charge is 0.481 e. The molecule has 0 spiro atoms. The highest BCUT2D eigenvalue weighted by molar-refractivity contribution is 7.80. The van der Waals surface area contributed by atoms with Crippen LogP contribution in [-0.2, 0) is 59.2 Å². The maximum Gasteiger partial charge on any atom is 0.327 e. The van der Waals surface area contributed by atoms with Gasteiger partial charge in [0.15, 0.2) is 0 Å². The zero-order valence-electron chi connectivity index (χ0n) is 35.0. The Morgan fingerprint density at radius 1 is 0.631 bits per heavy atom. The fourth-order valence-corrected chi connectivity index (χ4v) is 5.77. The molecule has 0 aliphatic carbocycles. The van der Waals surface area contributed by atoms with Gasteiger partial charge in [-0.05, 0) is 32.7 Å². The summed E-state index contributed by atoms with van der Waals surface area (Å²) >= 11 is 7.82. The van der Waals surface area contributed by atoms with E-state index in [1.165, 1.54) is 12.5 Å². The molecule has 9 atom stereocenters. The van der Waals surface area contributed by atoms with Crippen molar-refractivity contribution in [1.29, 1.82) is 0 Å². The Balaban J connectivity index is 3.14. The van der Waals surface area contributed by atoms with Crippen LogP contribution in [0.3, 0.4) is 0 Å². The lowest BCUT2D eigenvalue weighted by molar-refractivity contribution is -0.142. The van der Waals surface area contributed by atoms with Crippen molar-refractivity contribution in [3.05, 3.63) is 18.2 Å². The zero-order chi connectivity index (χ0) is 49.4. The Kier molecular flexibility index (Phi) is 25.7. The number of aromatic nitrogens is 2. The van der Waals surface area contributed by atoms with Gasteiger partial charge in [-0.3, -0.25) is 47.9 Å². The van der Waals surface area contributed by atoms with Gasteiger partial charge in [-0.1, -0.05) is 0 Å². The van der Waals surface area contributed by atoms with Crippen molar-refractivity contribution in [2.24, 2.45) is 17.2 Å². The molecule has 1 rings (SSSR count). The average molecular weight is 964 g/mol. The molecule has 0 radical (unpaired) electrons. The highest BCUT2D eigenvalue weighted by Crippen LogP contribution is 2.06. The SMILES string of the molecule is C[C@H](NC(=O)[C@H](CC(=O)O)NC(=O)[C@H](CO)NC(=O)[C@H](CCCCN)NC(=O)[C@@H](N)CS)C(=O)N[C@@H](CC(N)=O)C(=O)N[C@@H](CO)C(=O)N[C@@H](Cc1cnc[nH]1)C(=O)N[C@@H](CS)C(=O)O. The van der Waals surface area contributed by atoms with Crippen LogP contribution in [0.1, 0.15) is 44.7 Å². The first kappa shape index (κ1) is 56.9. The molecule has 0 saturated carbocycles. The molecular formula is C35H57N13O15S2. The number of aliphatic carboxylic acids is 2. The Labute approximate surface area is 381 Å². The summed E-state index contributed by atoms with van der Waals surface area (Å²) in [7, 11) is 0. The number of nitrogens with two attached hydrogens (primary N) is 3. The predicted octanol–water partition coefficient (Wildman–Crippen LogP) is -8.41. The molecule has 0 fully saturated rings. The second-order valence-corrected chi connectivity index (χ2v) is 14.9. The Bertz CT molecular complexity index is 1830. The van der Waals surface area contributed by atoms with E-state index in [9.17, 15) is 73.2 Å². The second kappa shape index (κ2) is 29.4. The number of rotatable bonds is 31. The van der Waals surface area contributed by atoms with Crippen LogP contribution in [0.15, 0.2) is 12.5 Å². The number of carboxylic acid groups (broad SMARTS) is 2. The fraction of sp³-hybridized carbons (Fsp3) is 0.600. The second-order valence-electron chi connectivity index (χ2n) is 14.2. The number of primary amides is 1. The summed E-state index contributed by atoms with van der Waals surface area (Å²) < 4.78 is 0. The molecule has 65 heavy (non-hydrogen) atoms. The summed E-state index contributed by atoms with van der Waals surface area (Å²) in [5.41, 5.74) is 16.8. The quantitative estimate of drug-likeness (QED) is 0.0243. The van der Waals surface area contributed by atoms with Crippen LogP contribution < -0.4 is 59.7 Å². The Morgan fingerprint density at radius 2 is 1.09 bits per heavy atom. The number of H-pyrrole nitrogens is 1. The topological polar surface area (TPSA) is 472 Å². The van der Waals surface area contributed by atoms with E-state index in [1.807, 2.05) is 0 Å². The van der Waals surface area contributed by atoms with E-state index in [-0.39, 0.29) is 30.9 Å². The average Bonchev–Trinajstić information content (AvgIpc) is 3.77. The van der Waals surface area contributed by atoms with Crippen LogP contribution in [0.4, 0.5) is 0 Å². The van der Waals surface area contributed by atoms with Crippen LogP contribution >= 0.6 is 25.3 Å². The van der Waals surface area contributed by atoms with E-state index < -0.39 is 146 Å². The van der Waals surface area contributed by atoms with Gasteiger partial charge in [-0.25, -0.2) is 9.78 Å². The third-order valence-corrected chi connectivity index (χ3v) is 9.71. The number of aromatic amines is 1. The minimum Gasteiger partial charge on any atom is -0.481 e. The van der Waals surface area contributed by atoms with Crippen LogP contribution in [0.2, 0.25) is 0 Å². The van der Waals surface area contributed by atoms with Gasteiger partial charge in [0.2, 0.25) is 53.2 Å². The van der Waals surface area contributed by atoms with Gasteiger partial charge in [0.1, 0.15) is 48.3 Å². The van der Waals surface area contributed by atoms with E-state index in [4.69, 9.17) is 17.2 Å². The first-order chi connectivity index (χ1) is 30.6. The molecule has 30 heteroatoms. The van der Waals surface area contributed by atoms with Gasteiger partial charge in [0, 0.05) is 29.8 Å². The number of carbonyl (C=O) groups excluding carboxylic acids is 9. The molecule has 0 aromatic carbocycles. The molecule has 1 aromatic heterocycles. The number of nitrogens with zero attached hydrogens (tertiary/aromatic N) is 1. The predicted molar refractivity (Wildman–Crippen MR) is 230 cm³/mol. The van der Waals surface area contributed by atoms with Gasteiger partial charge in [0.25, 0.3) is 0 Å². The summed E-state index contributed by atoms with van der Waals surface area (Å²) in [4.78, 5) is 146. The van der Waals surface area contributed by atoms with Crippen molar-refractivity contribution < 1.29 is 73.2 Å². The van der Waals surface area contributed by atoms with Crippen LogP contribution in [0.5, 0.6) is 0 Å². The number of imidazole rings is 1. The molecule has 28 nitrogen and oxygen atoms in total. The van der Waals surface area contributed by atoms with Gasteiger partial charge in [0.05, 0.1) is 38.4 Å². The zero-order valence-corrected chi connectivity index (χ0v) is 36.8. The number of carboxylic acids is 2. The summed E-state index contributed by atoms with van der Waals surface area (Å²) in [6.45, 7) is -0.856. The van der Waals surface area contributed by atoms with E-state index in [1.54, 1.807) is 0 Å². The minimum absolute atomic E-state index is 0.0417. The Hall–Kier alpha value is -6.08. The molecule has 9 amide bonds. The lowest BCUT2D eigenvalue weighted by atomic mass is 10.1. The third kappa shape index (κ3) is 20.5. The monoisotopic (exact) mass is 963 g/mol. The number of aliphatic hydroxyl groups excluding tert-OH is 2. The van der Waals surface area contributed by atoms with Crippen molar-refractivity contribution >= 4 is 90.4 Å². The van der Waals surface area contributed by atoms with Gasteiger partial charge >= 0.3 is 11.9 Å². The molecule has 0 bridgehead atoms. The van der Waals surface area contributed by atoms with E-state index in [2.05, 4.69) is 77.8 Å². The Morgan fingerprint density at radius 3 is 1.57 bits per heavy atom. The van der Waals surface area contributed by atoms with Gasteiger partial charge < -0.3 is 85.1 Å². The smallest absolute Gasteiger partial charge is 0.327 e. The number of thiol groups is 2. The molecule has 364 valence electrons. The van der Waals surface area contributed by atoms with Crippen molar-refractivity contribution in [1.82, 2.24) is 52.5 Å². The number of hydrogen-bond donors (Lipinski definition) is 18. The highest BCUT2D eigenvalue weighted by atomic mass is 32.1. The molecule has 1 aromatic rings. The summed E-state index contributed by atoms with van der Waals surface area (Å²) in [5.74, 6) is -13.5. The van der Waals surface area contributed by atoms with E-state index >= 15 is 0 Å². The number of amides is 9. The first-order valence-corrected chi connectivity index (χ1v) is 20.9. The summed E-state index contributed by atoms with van der Waals surface area (Å²) in [5, 5.41) is 56.2. The van der Waals surface area contributed by atoms with Crippen molar-refractivity contribution in [2.75, 3.05) is 31.3 Å². The lowest BCUT2D eigenvalue weighted by Gasteiger charge is -2.26. The maximum absolute atomic E-state index is 13.3. The third-order valence-electron chi connectivity index (χ3n) is 8.96. The minimum atomic E-state index is -1.95. The highest BCUT2D eigenvalue weighted by Gasteiger charge is 2.35. The summed E-state index contributed by atoms with van der Waals surface area (Å²) in [6.07, 6.45) is 1.15.